The standard InChI is InChI=1S/C28H12F42O8S.Na/c29-9(30,11(33,34)13(37,38)15(41,42)17(45,46)19(49,50)21(53,54)23(57,58)25(61,62)27(65,66)67)1-3-76-7(71)5-6(79(74,75)78-73)8(72)77-4-2-10(31,32)12(35,36)14(39,40)16(43,44)18(47,48)20(51,52)22(55,56)24(59,60)26(63,64)28(68,69)70;/h6,73H,1-5H2;/q;+1/p-1. The van der Waals surface area contributed by atoms with E-state index in [4.69, 9.17) is 0 Å². The Labute approximate surface area is 429 Å². The average Bonchev–Trinajstić information content (AvgIpc) is 3.23. The van der Waals surface area contributed by atoms with Crippen LogP contribution in [0.3, 0.4) is 0 Å². The largest absolute Gasteiger partial charge is 1.00 e. The summed E-state index contributed by atoms with van der Waals surface area (Å²) in [5, 5.41) is 6.22. The second-order valence-electron chi connectivity index (χ2n) is 14.7. The molecule has 8 nitrogen and oxygen atoms in total. The fourth-order valence-corrected chi connectivity index (χ4v) is 5.46. The summed E-state index contributed by atoms with van der Waals surface area (Å²) >= 11 is 0. The molecule has 0 fully saturated rings. The second kappa shape index (κ2) is 21.7. The summed E-state index contributed by atoms with van der Waals surface area (Å²) in [7, 11) is -6.78. The van der Waals surface area contributed by atoms with Crippen LogP contribution in [0.1, 0.15) is 19.3 Å². The quantitative estimate of drug-likeness (QED) is 0.0264. The van der Waals surface area contributed by atoms with Gasteiger partial charge >= 0.3 is 160 Å². The summed E-state index contributed by atoms with van der Waals surface area (Å²) in [4.78, 5) is 23.9. The number of hydrogen-bond acceptors (Lipinski definition) is 8. The molecule has 0 amide bonds. The fourth-order valence-electron chi connectivity index (χ4n) is 4.72. The number of hydrogen-bond donors (Lipinski definition) is 0. The van der Waals surface area contributed by atoms with Crippen LogP contribution in [0.25, 0.3) is 0 Å². The molecule has 0 spiro atoms. The van der Waals surface area contributed by atoms with Crippen molar-refractivity contribution in [1.82, 2.24) is 0 Å². The zero-order valence-electron chi connectivity index (χ0n) is 35.7. The Morgan fingerprint density at radius 2 is 0.512 bits per heavy atom. The molecular formula is C28H11F42NaO8S. The molecule has 0 aliphatic heterocycles. The normalized spacial score (nSPS) is 16.5. The fraction of sp³-hybridized carbons (Fsp3) is 0.929. The predicted octanol–water partition coefficient (Wildman–Crippen LogP) is 8.80. The molecule has 1 unspecified atom stereocenters. The summed E-state index contributed by atoms with van der Waals surface area (Å²) in [6, 6.07) is 0. The maximum Gasteiger partial charge on any atom is 1.00 e. The van der Waals surface area contributed by atoms with Crippen molar-refractivity contribution in [3.8, 4) is 0 Å². The molecule has 0 aliphatic rings. The van der Waals surface area contributed by atoms with Gasteiger partial charge in [-0.05, 0) is 0 Å². The molecular weight excluding hydrogens is 1320 g/mol. The topological polar surface area (TPSA) is 119 Å². The van der Waals surface area contributed by atoms with Crippen LogP contribution in [-0.2, 0) is 33.5 Å². The minimum atomic E-state index is -9.67. The first-order chi connectivity index (χ1) is 33.7. The van der Waals surface area contributed by atoms with Crippen molar-refractivity contribution in [3.63, 3.8) is 0 Å². The number of esters is 2. The van der Waals surface area contributed by atoms with E-state index in [1.807, 2.05) is 0 Å². The van der Waals surface area contributed by atoms with Gasteiger partial charge in [-0.25, -0.2) is 0 Å². The number of rotatable bonds is 27. The second-order valence-corrected chi connectivity index (χ2v) is 16.4. The molecule has 0 rings (SSSR count). The van der Waals surface area contributed by atoms with E-state index in [1.165, 1.54) is 0 Å². The van der Waals surface area contributed by atoms with Gasteiger partial charge in [0.1, 0.15) is 0 Å². The van der Waals surface area contributed by atoms with Gasteiger partial charge in [-0.1, -0.05) is 0 Å². The molecule has 1 atom stereocenters. The Kier molecular flexibility index (Phi) is 21.5. The van der Waals surface area contributed by atoms with Crippen LogP contribution >= 0.6 is 0 Å². The van der Waals surface area contributed by atoms with Crippen LogP contribution in [0.2, 0.25) is 0 Å². The van der Waals surface area contributed by atoms with E-state index in [9.17, 15) is 208 Å². The van der Waals surface area contributed by atoms with E-state index in [2.05, 4.69) is 13.8 Å². The summed E-state index contributed by atoms with van der Waals surface area (Å²) in [6.07, 6.45) is -27.4. The van der Waals surface area contributed by atoms with Gasteiger partial charge in [0.15, 0.2) is 5.25 Å². The first kappa shape index (κ1) is 78.9. The van der Waals surface area contributed by atoms with Crippen molar-refractivity contribution in [2.45, 2.75) is 143 Å². The third kappa shape index (κ3) is 11.3. The van der Waals surface area contributed by atoms with Crippen molar-refractivity contribution < 1.29 is 251 Å². The number of carbonyl (C=O) groups excluding carboxylic acids is 2. The SMILES string of the molecule is O=C(CC(C(=O)OCCC(F)(F)C(F)(F)C(F)(F)C(F)(F)C(F)(F)C(F)(F)C(F)(F)C(F)(F)C(F)(F)C(F)(F)F)S(=O)(=O)O[O-])OCCC(F)(F)C(F)(F)C(F)(F)C(F)(F)C(F)(F)C(F)(F)C(F)(F)C(F)(F)C(F)(F)C(F)(F)F.[Na+]. The van der Waals surface area contributed by atoms with Gasteiger partial charge in [-0.3, -0.25) is 9.59 Å². The third-order valence-corrected chi connectivity index (χ3v) is 10.8. The predicted molar refractivity (Wildman–Crippen MR) is 151 cm³/mol. The van der Waals surface area contributed by atoms with Crippen LogP contribution in [-0.4, -0.2) is 158 Å². The molecule has 80 heavy (non-hydrogen) atoms. The Morgan fingerprint density at radius 3 is 0.713 bits per heavy atom. The van der Waals surface area contributed by atoms with E-state index < -0.39 is 179 Å². The zero-order valence-corrected chi connectivity index (χ0v) is 38.5. The first-order valence-corrected chi connectivity index (χ1v) is 19.0. The molecule has 0 saturated carbocycles. The number of halogens is 42. The smallest absolute Gasteiger partial charge is 0.707 e. The van der Waals surface area contributed by atoms with Gasteiger partial charge in [0.05, 0.1) is 32.5 Å². The zero-order chi connectivity index (χ0) is 64.9. The van der Waals surface area contributed by atoms with Gasteiger partial charge < -0.3 is 19.1 Å². The van der Waals surface area contributed by atoms with E-state index in [-0.39, 0.29) is 29.6 Å². The minimum Gasteiger partial charge on any atom is -0.707 e. The molecule has 0 aliphatic carbocycles. The summed E-state index contributed by atoms with van der Waals surface area (Å²) in [6.45, 7) is -6.39. The van der Waals surface area contributed by atoms with Crippen molar-refractivity contribution >= 4 is 22.1 Å². The van der Waals surface area contributed by atoms with Crippen molar-refractivity contribution in [2.24, 2.45) is 0 Å². The summed E-state index contributed by atoms with van der Waals surface area (Å²) in [5.74, 6) is -171. The molecule has 0 N–H and O–H groups in total. The molecule has 0 aromatic heterocycles. The van der Waals surface area contributed by atoms with Gasteiger partial charge in [-0.15, -0.1) is 0 Å². The molecule has 0 radical (unpaired) electrons. The van der Waals surface area contributed by atoms with E-state index in [0.717, 1.165) is 0 Å². The maximum atomic E-state index is 14.2. The summed E-state index contributed by atoms with van der Waals surface area (Å²) in [5.41, 5.74) is 0. The van der Waals surface area contributed by atoms with Crippen molar-refractivity contribution in [1.29, 1.82) is 0 Å². The van der Waals surface area contributed by atoms with Crippen LogP contribution in [0.15, 0.2) is 0 Å². The Morgan fingerprint density at radius 1 is 0.325 bits per heavy atom. The Bertz CT molecular complexity index is 2300. The Hall–Kier alpha value is -3.13. The van der Waals surface area contributed by atoms with Crippen LogP contribution in [0.4, 0.5) is 184 Å². The van der Waals surface area contributed by atoms with E-state index in [0.29, 0.717) is 0 Å². The van der Waals surface area contributed by atoms with Crippen molar-refractivity contribution in [2.75, 3.05) is 13.2 Å². The minimum absolute atomic E-state index is 0. The molecule has 0 aromatic carbocycles. The van der Waals surface area contributed by atoms with E-state index >= 15 is 0 Å². The Balaban J connectivity index is 0. The molecule has 0 heterocycles. The number of ether oxygens (including phenoxy) is 2. The first-order valence-electron chi connectivity index (χ1n) is 17.5. The molecule has 0 saturated heterocycles. The van der Waals surface area contributed by atoms with Gasteiger partial charge in [0.2, 0.25) is 0 Å². The molecule has 0 bridgehead atoms. The molecule has 52 heteroatoms. The van der Waals surface area contributed by atoms with Gasteiger partial charge in [0.25, 0.3) is 10.1 Å². The van der Waals surface area contributed by atoms with Gasteiger partial charge in [0, 0.05) is 0 Å². The molecule has 472 valence electrons. The van der Waals surface area contributed by atoms with Crippen LogP contribution < -0.4 is 34.8 Å². The van der Waals surface area contributed by atoms with Crippen molar-refractivity contribution in [3.05, 3.63) is 0 Å². The summed E-state index contributed by atoms with van der Waals surface area (Å²) < 4.78 is 601. The molecule has 0 aromatic rings. The van der Waals surface area contributed by atoms with Crippen LogP contribution in [0.5, 0.6) is 0 Å². The average molecular weight is 1330 g/mol. The van der Waals surface area contributed by atoms with Crippen LogP contribution in [0, 0.1) is 0 Å². The third-order valence-electron chi connectivity index (χ3n) is 9.55. The number of carbonyl (C=O) groups is 2. The van der Waals surface area contributed by atoms with Gasteiger partial charge in [-0.2, -0.15) is 193 Å². The number of alkyl halides is 42. The maximum absolute atomic E-state index is 14.2. The monoisotopic (exact) mass is 1330 g/mol. The van der Waals surface area contributed by atoms with E-state index in [1.54, 1.807) is 0 Å².